The summed E-state index contributed by atoms with van der Waals surface area (Å²) in [6, 6.07) is 14.1. The van der Waals surface area contributed by atoms with Crippen LogP contribution < -0.4 is 0 Å². The van der Waals surface area contributed by atoms with Crippen molar-refractivity contribution in [3.05, 3.63) is 76.0 Å². The number of nitrogens with one attached hydrogen (secondary N) is 1. The van der Waals surface area contributed by atoms with E-state index >= 15 is 0 Å². The summed E-state index contributed by atoms with van der Waals surface area (Å²) >= 11 is 0. The number of hydrogen-bond acceptors (Lipinski definition) is 4. The average Bonchev–Trinajstić information content (AvgIpc) is 3.11. The molecule has 7 heteroatoms. The van der Waals surface area contributed by atoms with Gasteiger partial charge in [-0.05, 0) is 23.8 Å². The van der Waals surface area contributed by atoms with Crippen molar-refractivity contribution in [2.24, 2.45) is 0 Å². The van der Waals surface area contributed by atoms with Gasteiger partial charge < -0.3 is 9.88 Å². The first-order chi connectivity index (χ1) is 13.1. The Morgan fingerprint density at radius 1 is 1.04 bits per heavy atom. The van der Waals surface area contributed by atoms with Gasteiger partial charge in [0.1, 0.15) is 0 Å². The molecule has 0 spiro atoms. The topological polar surface area (TPSA) is 82.5 Å². The maximum Gasteiger partial charge on any atom is 0.269 e. The van der Waals surface area contributed by atoms with Gasteiger partial charge in [-0.15, -0.1) is 0 Å². The van der Waals surface area contributed by atoms with Crippen LogP contribution in [0.4, 0.5) is 5.69 Å². The molecule has 138 valence electrons. The summed E-state index contributed by atoms with van der Waals surface area (Å²) in [5.74, 6) is -0.0726. The van der Waals surface area contributed by atoms with Crippen molar-refractivity contribution < 1.29 is 9.72 Å². The van der Waals surface area contributed by atoms with E-state index in [0.29, 0.717) is 18.7 Å². The van der Waals surface area contributed by atoms with Crippen LogP contribution in [0, 0.1) is 10.1 Å². The number of piperazine rings is 1. The predicted molar refractivity (Wildman–Crippen MR) is 103 cm³/mol. The van der Waals surface area contributed by atoms with Crippen LogP contribution in [-0.2, 0) is 6.54 Å². The number of amides is 1. The normalized spacial score (nSPS) is 15.2. The molecule has 0 bridgehead atoms. The summed E-state index contributed by atoms with van der Waals surface area (Å²) < 4.78 is 0. The Balaban J connectivity index is 1.37. The van der Waals surface area contributed by atoms with Crippen LogP contribution in [0.3, 0.4) is 0 Å². The highest BCUT2D eigenvalue weighted by molar-refractivity contribution is 5.94. The maximum absolute atomic E-state index is 12.6. The molecule has 0 radical (unpaired) electrons. The first-order valence-electron chi connectivity index (χ1n) is 8.93. The Morgan fingerprint density at radius 2 is 1.74 bits per heavy atom. The van der Waals surface area contributed by atoms with E-state index < -0.39 is 4.92 Å². The molecule has 1 aromatic heterocycles. The molecule has 0 unspecified atom stereocenters. The van der Waals surface area contributed by atoms with Crippen molar-refractivity contribution in [3.8, 4) is 0 Å². The van der Waals surface area contributed by atoms with Crippen LogP contribution in [0.1, 0.15) is 15.9 Å². The molecule has 0 atom stereocenters. The molecule has 2 aromatic carbocycles. The van der Waals surface area contributed by atoms with Gasteiger partial charge in [0.2, 0.25) is 0 Å². The third-order valence-electron chi connectivity index (χ3n) is 5.05. The predicted octanol–water partition coefficient (Wildman–Crippen LogP) is 3.03. The second-order valence-corrected chi connectivity index (χ2v) is 6.73. The van der Waals surface area contributed by atoms with Gasteiger partial charge in [0.25, 0.3) is 11.6 Å². The van der Waals surface area contributed by atoms with Gasteiger partial charge in [0, 0.05) is 67.5 Å². The summed E-state index contributed by atoms with van der Waals surface area (Å²) in [6.07, 6.45) is 2.05. The molecule has 1 saturated heterocycles. The standard InChI is InChI=1S/C20H20N4O3/c25-20(15-5-7-17(8-6-15)24(26)27)23-11-9-22(10-12-23)14-16-13-21-19-4-2-1-3-18(16)19/h1-8,13,21H,9-12,14H2. The number of carbonyl (C=O) groups is 1. The lowest BCUT2D eigenvalue weighted by atomic mass is 10.1. The number of para-hydroxylation sites is 1. The molecule has 27 heavy (non-hydrogen) atoms. The van der Waals surface area contributed by atoms with Crippen molar-refractivity contribution in [2.75, 3.05) is 26.2 Å². The van der Waals surface area contributed by atoms with Crippen LogP contribution in [-0.4, -0.2) is 51.8 Å². The molecule has 0 aliphatic carbocycles. The van der Waals surface area contributed by atoms with E-state index in [9.17, 15) is 14.9 Å². The molecule has 1 aliphatic rings. The Hall–Kier alpha value is -3.19. The minimum Gasteiger partial charge on any atom is -0.361 e. The number of nitrogens with zero attached hydrogens (tertiary/aromatic N) is 3. The van der Waals surface area contributed by atoms with Gasteiger partial charge in [-0.1, -0.05) is 18.2 Å². The zero-order valence-electron chi connectivity index (χ0n) is 14.8. The van der Waals surface area contributed by atoms with E-state index in [1.54, 1.807) is 0 Å². The number of benzene rings is 2. The Morgan fingerprint density at radius 3 is 2.44 bits per heavy atom. The number of hydrogen-bond donors (Lipinski definition) is 1. The van der Waals surface area contributed by atoms with Gasteiger partial charge in [-0.25, -0.2) is 0 Å². The van der Waals surface area contributed by atoms with Crippen LogP contribution in [0.5, 0.6) is 0 Å². The molecule has 1 amide bonds. The van der Waals surface area contributed by atoms with E-state index in [0.717, 1.165) is 25.2 Å². The Bertz CT molecular complexity index is 972. The highest BCUT2D eigenvalue weighted by Gasteiger charge is 2.23. The van der Waals surface area contributed by atoms with Gasteiger partial charge in [-0.2, -0.15) is 0 Å². The molecular weight excluding hydrogens is 344 g/mol. The molecule has 0 saturated carbocycles. The quantitative estimate of drug-likeness (QED) is 0.570. The fraction of sp³-hybridized carbons (Fsp3) is 0.250. The van der Waals surface area contributed by atoms with Gasteiger partial charge in [0.05, 0.1) is 4.92 Å². The molecule has 1 fully saturated rings. The number of rotatable bonds is 4. The van der Waals surface area contributed by atoms with Crippen molar-refractivity contribution in [1.82, 2.24) is 14.8 Å². The zero-order chi connectivity index (χ0) is 18.8. The van der Waals surface area contributed by atoms with E-state index in [1.165, 1.54) is 35.2 Å². The van der Waals surface area contributed by atoms with Crippen LogP contribution in [0.25, 0.3) is 10.9 Å². The average molecular weight is 364 g/mol. The summed E-state index contributed by atoms with van der Waals surface area (Å²) in [5.41, 5.74) is 2.89. The minimum absolute atomic E-state index is 0.00454. The van der Waals surface area contributed by atoms with Crippen LogP contribution >= 0.6 is 0 Å². The van der Waals surface area contributed by atoms with E-state index in [4.69, 9.17) is 0 Å². The van der Waals surface area contributed by atoms with E-state index in [2.05, 4.69) is 28.2 Å². The summed E-state index contributed by atoms with van der Waals surface area (Å²) in [4.78, 5) is 30.3. The number of fused-ring (bicyclic) bond motifs is 1. The van der Waals surface area contributed by atoms with Gasteiger partial charge in [-0.3, -0.25) is 19.8 Å². The molecule has 4 rings (SSSR count). The maximum atomic E-state index is 12.6. The third-order valence-corrected chi connectivity index (χ3v) is 5.05. The molecule has 7 nitrogen and oxygen atoms in total. The number of aromatic nitrogens is 1. The lowest BCUT2D eigenvalue weighted by molar-refractivity contribution is -0.384. The largest absolute Gasteiger partial charge is 0.361 e. The zero-order valence-corrected chi connectivity index (χ0v) is 14.8. The second kappa shape index (κ2) is 7.20. The highest BCUT2D eigenvalue weighted by Crippen LogP contribution is 2.20. The second-order valence-electron chi connectivity index (χ2n) is 6.73. The van der Waals surface area contributed by atoms with E-state index in [-0.39, 0.29) is 11.6 Å². The van der Waals surface area contributed by atoms with Crippen LogP contribution in [0.2, 0.25) is 0 Å². The van der Waals surface area contributed by atoms with Crippen molar-refractivity contribution >= 4 is 22.5 Å². The van der Waals surface area contributed by atoms with E-state index in [1.807, 2.05) is 17.0 Å². The summed E-state index contributed by atoms with van der Waals surface area (Å²) in [7, 11) is 0. The van der Waals surface area contributed by atoms with Gasteiger partial charge >= 0.3 is 0 Å². The number of carbonyl (C=O) groups excluding carboxylic acids is 1. The highest BCUT2D eigenvalue weighted by atomic mass is 16.6. The van der Waals surface area contributed by atoms with Gasteiger partial charge in [0.15, 0.2) is 0 Å². The fourth-order valence-corrected chi connectivity index (χ4v) is 3.52. The van der Waals surface area contributed by atoms with Crippen molar-refractivity contribution in [1.29, 1.82) is 0 Å². The Labute approximate surface area is 156 Å². The fourth-order valence-electron chi connectivity index (χ4n) is 3.52. The molecule has 2 heterocycles. The smallest absolute Gasteiger partial charge is 0.269 e. The molecular formula is C20H20N4O3. The lowest BCUT2D eigenvalue weighted by Gasteiger charge is -2.34. The molecule has 3 aromatic rings. The summed E-state index contributed by atoms with van der Waals surface area (Å²) in [5, 5.41) is 12.0. The lowest BCUT2D eigenvalue weighted by Crippen LogP contribution is -2.48. The third kappa shape index (κ3) is 3.54. The summed E-state index contributed by atoms with van der Waals surface area (Å²) in [6.45, 7) is 3.76. The number of nitro benzene ring substituents is 1. The Kier molecular flexibility index (Phi) is 4.60. The monoisotopic (exact) mass is 364 g/mol. The number of nitro groups is 1. The number of aromatic amines is 1. The first-order valence-corrected chi connectivity index (χ1v) is 8.93. The minimum atomic E-state index is -0.461. The SMILES string of the molecule is O=C(c1ccc([N+](=O)[O-])cc1)N1CCN(Cc2c[nH]c3ccccc23)CC1. The number of H-pyrrole nitrogens is 1. The van der Waals surface area contributed by atoms with Crippen molar-refractivity contribution in [2.45, 2.75) is 6.54 Å². The van der Waals surface area contributed by atoms with Crippen molar-refractivity contribution in [3.63, 3.8) is 0 Å². The first kappa shape index (κ1) is 17.2. The number of non-ortho nitro benzene ring substituents is 1. The molecule has 1 N–H and O–H groups in total. The molecule has 1 aliphatic heterocycles. The van der Waals surface area contributed by atoms with Crippen LogP contribution in [0.15, 0.2) is 54.7 Å².